The fourth-order valence-corrected chi connectivity index (χ4v) is 0.475. The van der Waals surface area contributed by atoms with Crippen LogP contribution in [0.2, 0.25) is 0 Å². The zero-order valence-corrected chi connectivity index (χ0v) is 5.73. The van der Waals surface area contributed by atoms with Gasteiger partial charge in [0.2, 0.25) is 0 Å². The van der Waals surface area contributed by atoms with Crippen LogP contribution in [0.3, 0.4) is 0 Å². The van der Waals surface area contributed by atoms with Gasteiger partial charge in [-0.05, 0) is 6.42 Å². The van der Waals surface area contributed by atoms with Gasteiger partial charge in [-0.25, -0.2) is 4.79 Å². The smallest absolute Gasteiger partial charge is 0.351 e. The van der Waals surface area contributed by atoms with Crippen LogP contribution in [0.1, 0.15) is 19.8 Å². The minimum absolute atomic E-state index is 0.0556. The molecule has 0 amide bonds. The van der Waals surface area contributed by atoms with E-state index >= 15 is 0 Å². The van der Waals surface area contributed by atoms with Crippen LogP contribution in [0.4, 0.5) is 0 Å². The van der Waals surface area contributed by atoms with Crippen LogP contribution in [0.15, 0.2) is 0 Å². The summed E-state index contributed by atoms with van der Waals surface area (Å²) in [6.45, 7) is 1.91. The van der Waals surface area contributed by atoms with Crippen molar-refractivity contribution in [3.05, 3.63) is 0 Å². The molecule has 0 aromatic carbocycles. The van der Waals surface area contributed by atoms with E-state index in [1.165, 1.54) is 7.11 Å². The number of esters is 1. The molecule has 0 atom stereocenters. The van der Waals surface area contributed by atoms with E-state index in [1.807, 2.05) is 6.92 Å². The zero-order valence-electron chi connectivity index (χ0n) is 5.73. The molecular weight excluding hydrogens is 118 g/mol. The van der Waals surface area contributed by atoms with Crippen LogP contribution in [0, 0.1) is 5.41 Å². The van der Waals surface area contributed by atoms with E-state index in [1.54, 1.807) is 0 Å². The number of ether oxygens (including phenoxy) is 1. The van der Waals surface area contributed by atoms with E-state index in [9.17, 15) is 4.79 Å². The van der Waals surface area contributed by atoms with E-state index in [0.717, 1.165) is 6.42 Å². The SMILES string of the molecule is CCCC(=N)C(=O)OC. The minimum Gasteiger partial charge on any atom is -0.465 e. The van der Waals surface area contributed by atoms with Crippen LogP contribution >= 0.6 is 0 Å². The van der Waals surface area contributed by atoms with Gasteiger partial charge in [0, 0.05) is 0 Å². The average Bonchev–Trinajstić information content (AvgIpc) is 1.87. The molecule has 0 saturated carbocycles. The third-order valence-corrected chi connectivity index (χ3v) is 0.932. The summed E-state index contributed by atoms with van der Waals surface area (Å²) in [7, 11) is 1.28. The molecule has 0 saturated heterocycles. The van der Waals surface area contributed by atoms with Crippen molar-refractivity contribution in [1.29, 1.82) is 5.41 Å². The van der Waals surface area contributed by atoms with Crippen LogP contribution in [0.25, 0.3) is 0 Å². The Bertz CT molecular complexity index is 120. The fraction of sp³-hybridized carbons (Fsp3) is 0.667. The van der Waals surface area contributed by atoms with Crippen molar-refractivity contribution in [3.63, 3.8) is 0 Å². The lowest BCUT2D eigenvalue weighted by Gasteiger charge is -1.96. The Labute approximate surface area is 54.5 Å². The van der Waals surface area contributed by atoms with Gasteiger partial charge >= 0.3 is 5.97 Å². The molecule has 0 aromatic rings. The highest BCUT2D eigenvalue weighted by molar-refractivity contribution is 6.34. The summed E-state index contributed by atoms with van der Waals surface area (Å²) in [4.78, 5) is 10.5. The van der Waals surface area contributed by atoms with E-state index in [2.05, 4.69) is 4.74 Å². The molecule has 3 nitrogen and oxygen atoms in total. The summed E-state index contributed by atoms with van der Waals surface area (Å²) in [5.41, 5.74) is 0.0556. The Kier molecular flexibility index (Phi) is 3.67. The average molecular weight is 129 g/mol. The highest BCUT2D eigenvalue weighted by Gasteiger charge is 2.05. The van der Waals surface area contributed by atoms with Gasteiger partial charge in [-0.15, -0.1) is 0 Å². The molecule has 0 unspecified atom stereocenters. The monoisotopic (exact) mass is 129 g/mol. The number of rotatable bonds is 3. The first-order valence-electron chi connectivity index (χ1n) is 2.88. The highest BCUT2D eigenvalue weighted by atomic mass is 16.5. The minimum atomic E-state index is -0.517. The number of nitrogens with one attached hydrogen (secondary N) is 1. The number of carbonyl (C=O) groups is 1. The van der Waals surface area contributed by atoms with E-state index < -0.39 is 5.97 Å². The molecule has 3 heteroatoms. The summed E-state index contributed by atoms with van der Waals surface area (Å²) in [6, 6.07) is 0. The normalized spacial score (nSPS) is 8.67. The van der Waals surface area contributed by atoms with E-state index in [-0.39, 0.29) is 5.71 Å². The predicted octanol–water partition coefficient (Wildman–Crippen LogP) is 0.979. The maximum absolute atomic E-state index is 10.5. The molecule has 0 heterocycles. The Balaban J connectivity index is 3.60. The third kappa shape index (κ3) is 2.85. The van der Waals surface area contributed by atoms with Crippen LogP contribution in [-0.2, 0) is 9.53 Å². The van der Waals surface area contributed by atoms with Crippen LogP contribution < -0.4 is 0 Å². The number of methoxy groups -OCH3 is 1. The summed E-state index contributed by atoms with van der Waals surface area (Å²) in [5, 5.41) is 7.02. The largest absolute Gasteiger partial charge is 0.465 e. The molecule has 9 heavy (non-hydrogen) atoms. The van der Waals surface area contributed by atoms with Gasteiger partial charge in [0.15, 0.2) is 0 Å². The maximum atomic E-state index is 10.5. The first kappa shape index (κ1) is 8.14. The molecular formula is C6H11NO2. The van der Waals surface area contributed by atoms with Gasteiger partial charge in [-0.2, -0.15) is 0 Å². The topological polar surface area (TPSA) is 50.2 Å². The van der Waals surface area contributed by atoms with Crippen molar-refractivity contribution in [2.24, 2.45) is 0 Å². The molecule has 52 valence electrons. The maximum Gasteiger partial charge on any atom is 0.351 e. The molecule has 0 aliphatic heterocycles. The lowest BCUT2D eigenvalue weighted by molar-refractivity contribution is -0.132. The molecule has 0 radical (unpaired) electrons. The van der Waals surface area contributed by atoms with E-state index in [4.69, 9.17) is 5.41 Å². The lowest BCUT2D eigenvalue weighted by atomic mass is 10.2. The molecule has 0 aliphatic rings. The van der Waals surface area contributed by atoms with Crippen molar-refractivity contribution in [2.45, 2.75) is 19.8 Å². The standard InChI is InChI=1S/C6H11NO2/c1-3-4-5(7)6(8)9-2/h7H,3-4H2,1-2H3. The Morgan fingerprint density at radius 2 is 2.22 bits per heavy atom. The number of hydrogen-bond acceptors (Lipinski definition) is 3. The summed E-state index contributed by atoms with van der Waals surface area (Å²) >= 11 is 0. The molecule has 0 aliphatic carbocycles. The second kappa shape index (κ2) is 4.06. The molecule has 0 bridgehead atoms. The van der Waals surface area contributed by atoms with Gasteiger partial charge in [-0.1, -0.05) is 13.3 Å². The summed E-state index contributed by atoms with van der Waals surface area (Å²) < 4.78 is 4.30. The number of carbonyl (C=O) groups excluding carboxylic acids is 1. The molecule has 0 aromatic heterocycles. The molecule has 0 spiro atoms. The van der Waals surface area contributed by atoms with Gasteiger partial charge < -0.3 is 4.74 Å². The van der Waals surface area contributed by atoms with E-state index in [0.29, 0.717) is 6.42 Å². The Hall–Kier alpha value is -0.860. The highest BCUT2D eigenvalue weighted by Crippen LogP contribution is 1.90. The second-order valence-electron chi connectivity index (χ2n) is 1.72. The third-order valence-electron chi connectivity index (χ3n) is 0.932. The molecule has 1 N–H and O–H groups in total. The Morgan fingerprint density at radius 3 is 2.56 bits per heavy atom. The summed E-state index contributed by atoms with van der Waals surface area (Å²) in [6.07, 6.45) is 1.32. The van der Waals surface area contributed by atoms with Crippen LogP contribution in [-0.4, -0.2) is 18.8 Å². The Morgan fingerprint density at radius 1 is 1.67 bits per heavy atom. The molecule has 0 fully saturated rings. The van der Waals surface area contributed by atoms with Gasteiger partial charge in [0.25, 0.3) is 0 Å². The fourth-order valence-electron chi connectivity index (χ4n) is 0.475. The van der Waals surface area contributed by atoms with Gasteiger partial charge in [0.1, 0.15) is 5.71 Å². The lowest BCUT2D eigenvalue weighted by Crippen LogP contribution is -2.13. The van der Waals surface area contributed by atoms with Crippen molar-refractivity contribution >= 4 is 11.7 Å². The quantitative estimate of drug-likeness (QED) is 0.456. The van der Waals surface area contributed by atoms with Crippen molar-refractivity contribution in [2.75, 3.05) is 7.11 Å². The first-order chi connectivity index (χ1) is 4.22. The first-order valence-corrected chi connectivity index (χ1v) is 2.88. The number of hydrogen-bond donors (Lipinski definition) is 1. The van der Waals surface area contributed by atoms with Gasteiger partial charge in [-0.3, -0.25) is 5.41 Å². The van der Waals surface area contributed by atoms with Crippen LogP contribution in [0.5, 0.6) is 0 Å². The van der Waals surface area contributed by atoms with Crippen molar-refractivity contribution in [1.82, 2.24) is 0 Å². The van der Waals surface area contributed by atoms with Crippen molar-refractivity contribution in [3.8, 4) is 0 Å². The van der Waals surface area contributed by atoms with Crippen molar-refractivity contribution < 1.29 is 9.53 Å². The second-order valence-corrected chi connectivity index (χ2v) is 1.72. The summed E-state index contributed by atoms with van der Waals surface area (Å²) in [5.74, 6) is -0.517. The van der Waals surface area contributed by atoms with Gasteiger partial charge in [0.05, 0.1) is 7.11 Å². The zero-order chi connectivity index (χ0) is 7.28. The molecule has 0 rings (SSSR count). The predicted molar refractivity (Wildman–Crippen MR) is 34.7 cm³/mol.